The lowest BCUT2D eigenvalue weighted by Crippen LogP contribution is -2.19. The average molecular weight is 220 g/mol. The molecule has 16 heavy (non-hydrogen) atoms. The highest BCUT2D eigenvalue weighted by atomic mass is 16.3. The van der Waals surface area contributed by atoms with Crippen molar-refractivity contribution in [1.29, 1.82) is 0 Å². The molecular formula is C12H16N2O2. The van der Waals surface area contributed by atoms with Crippen LogP contribution in [0, 0.1) is 0 Å². The van der Waals surface area contributed by atoms with Gasteiger partial charge in [-0.3, -0.25) is 4.79 Å². The first-order valence-corrected chi connectivity index (χ1v) is 5.32. The number of nitrogens with zero attached hydrogens (tertiary/aromatic N) is 1. The van der Waals surface area contributed by atoms with Crippen LogP contribution in [0.25, 0.3) is 0 Å². The maximum Gasteiger partial charge on any atom is 0.271 e. The first-order valence-electron chi connectivity index (χ1n) is 5.32. The second-order valence-corrected chi connectivity index (χ2v) is 3.37. The molecule has 4 nitrogen and oxygen atoms in total. The molecule has 1 aromatic rings. The van der Waals surface area contributed by atoms with E-state index >= 15 is 0 Å². The summed E-state index contributed by atoms with van der Waals surface area (Å²) in [5.74, 6) is -0.123. The Balaban J connectivity index is 2.66. The summed E-state index contributed by atoms with van der Waals surface area (Å²) in [5.41, 5.74) is 3.92. The topological polar surface area (TPSA) is 61.7 Å². The van der Waals surface area contributed by atoms with Gasteiger partial charge in [0, 0.05) is 11.3 Å². The van der Waals surface area contributed by atoms with Gasteiger partial charge in [-0.05, 0) is 37.1 Å². The van der Waals surface area contributed by atoms with Crippen molar-refractivity contribution < 1.29 is 9.90 Å². The number of phenolic OH excluding ortho intramolecular Hbond substituents is 1. The van der Waals surface area contributed by atoms with Gasteiger partial charge in [0.1, 0.15) is 5.75 Å². The van der Waals surface area contributed by atoms with Crippen molar-refractivity contribution in [3.05, 3.63) is 29.8 Å². The number of aromatic hydroxyl groups is 1. The summed E-state index contributed by atoms with van der Waals surface area (Å²) in [6.07, 6.45) is 1.65. The van der Waals surface area contributed by atoms with E-state index in [-0.39, 0.29) is 11.7 Å². The molecule has 0 saturated heterocycles. The highest BCUT2D eigenvalue weighted by Crippen LogP contribution is 2.09. The standard InChI is InChI=1S/C12H16N2O2/c1-3-10(4-2)13-14-12(16)9-5-7-11(15)8-6-9/h5-8,15H,3-4H2,1-2H3,(H,14,16). The first kappa shape index (κ1) is 12.2. The summed E-state index contributed by atoms with van der Waals surface area (Å²) < 4.78 is 0. The van der Waals surface area contributed by atoms with E-state index in [0.717, 1.165) is 18.6 Å². The second kappa shape index (κ2) is 5.90. The van der Waals surface area contributed by atoms with E-state index in [4.69, 9.17) is 5.11 Å². The summed E-state index contributed by atoms with van der Waals surface area (Å²) in [5, 5.41) is 13.1. The van der Waals surface area contributed by atoms with Gasteiger partial charge in [0.2, 0.25) is 0 Å². The smallest absolute Gasteiger partial charge is 0.271 e. The molecule has 0 spiro atoms. The highest BCUT2D eigenvalue weighted by Gasteiger charge is 2.03. The molecule has 0 unspecified atom stereocenters. The van der Waals surface area contributed by atoms with Crippen LogP contribution >= 0.6 is 0 Å². The van der Waals surface area contributed by atoms with E-state index < -0.39 is 0 Å². The van der Waals surface area contributed by atoms with E-state index in [2.05, 4.69) is 10.5 Å². The largest absolute Gasteiger partial charge is 0.508 e. The molecule has 4 heteroatoms. The quantitative estimate of drug-likeness (QED) is 0.604. The molecule has 0 radical (unpaired) electrons. The van der Waals surface area contributed by atoms with Gasteiger partial charge in [-0.2, -0.15) is 5.10 Å². The average Bonchev–Trinajstić information content (AvgIpc) is 2.31. The third-order valence-electron chi connectivity index (χ3n) is 2.26. The number of carbonyl (C=O) groups excluding carboxylic acids is 1. The van der Waals surface area contributed by atoms with Crippen molar-refractivity contribution in [3.8, 4) is 5.75 Å². The lowest BCUT2D eigenvalue weighted by molar-refractivity contribution is 0.0954. The summed E-state index contributed by atoms with van der Waals surface area (Å²) in [6, 6.07) is 6.05. The fraction of sp³-hybridized carbons (Fsp3) is 0.333. The van der Waals surface area contributed by atoms with Crippen LogP contribution in [-0.2, 0) is 0 Å². The van der Waals surface area contributed by atoms with Crippen molar-refractivity contribution in [2.24, 2.45) is 5.10 Å². The third kappa shape index (κ3) is 3.38. The zero-order valence-corrected chi connectivity index (χ0v) is 9.53. The molecule has 0 aliphatic rings. The molecule has 0 aliphatic heterocycles. The molecule has 86 valence electrons. The number of amides is 1. The van der Waals surface area contributed by atoms with Crippen LogP contribution in [0.15, 0.2) is 29.4 Å². The SMILES string of the molecule is CCC(CC)=NNC(=O)c1ccc(O)cc1. The summed E-state index contributed by atoms with van der Waals surface area (Å²) in [7, 11) is 0. The Hall–Kier alpha value is -1.84. The number of hydrazone groups is 1. The summed E-state index contributed by atoms with van der Waals surface area (Å²) in [4.78, 5) is 11.6. The Kier molecular flexibility index (Phi) is 4.51. The molecular weight excluding hydrogens is 204 g/mol. The monoisotopic (exact) mass is 220 g/mol. The Labute approximate surface area is 95.0 Å². The van der Waals surface area contributed by atoms with Gasteiger partial charge in [0.25, 0.3) is 5.91 Å². The van der Waals surface area contributed by atoms with Crippen LogP contribution in [0.3, 0.4) is 0 Å². The molecule has 1 rings (SSSR count). The minimum Gasteiger partial charge on any atom is -0.508 e. The van der Waals surface area contributed by atoms with E-state index in [9.17, 15) is 4.79 Å². The van der Waals surface area contributed by atoms with Crippen LogP contribution in [0.4, 0.5) is 0 Å². The van der Waals surface area contributed by atoms with Crippen molar-refractivity contribution >= 4 is 11.6 Å². The van der Waals surface area contributed by atoms with Gasteiger partial charge in [-0.15, -0.1) is 0 Å². The number of nitrogens with one attached hydrogen (secondary N) is 1. The van der Waals surface area contributed by atoms with Gasteiger partial charge in [-0.25, -0.2) is 5.43 Å². The Morgan fingerprint density at radius 3 is 2.31 bits per heavy atom. The third-order valence-corrected chi connectivity index (χ3v) is 2.26. The summed E-state index contributed by atoms with van der Waals surface area (Å²) in [6.45, 7) is 3.99. The maximum absolute atomic E-state index is 11.6. The van der Waals surface area contributed by atoms with E-state index in [0.29, 0.717) is 5.56 Å². The predicted molar refractivity (Wildman–Crippen MR) is 63.6 cm³/mol. The molecule has 0 bridgehead atoms. The van der Waals surface area contributed by atoms with Crippen LogP contribution in [0.2, 0.25) is 0 Å². The molecule has 0 heterocycles. The fourth-order valence-corrected chi connectivity index (χ4v) is 1.22. The minimum atomic E-state index is -0.264. The van der Waals surface area contributed by atoms with Crippen molar-refractivity contribution in [2.45, 2.75) is 26.7 Å². The number of hydrogen-bond donors (Lipinski definition) is 2. The predicted octanol–water partition coefficient (Wildman–Crippen LogP) is 2.30. The molecule has 0 atom stereocenters. The molecule has 0 aromatic heterocycles. The number of carbonyl (C=O) groups is 1. The van der Waals surface area contributed by atoms with Gasteiger partial charge in [-0.1, -0.05) is 13.8 Å². The fourth-order valence-electron chi connectivity index (χ4n) is 1.22. The molecule has 1 aromatic carbocycles. The molecule has 1 amide bonds. The van der Waals surface area contributed by atoms with Crippen molar-refractivity contribution in [2.75, 3.05) is 0 Å². The van der Waals surface area contributed by atoms with E-state index in [1.807, 2.05) is 13.8 Å². The molecule has 0 aliphatic carbocycles. The van der Waals surface area contributed by atoms with Crippen molar-refractivity contribution in [3.63, 3.8) is 0 Å². The van der Waals surface area contributed by atoms with Crippen LogP contribution in [-0.4, -0.2) is 16.7 Å². The minimum absolute atomic E-state index is 0.142. The van der Waals surface area contributed by atoms with Gasteiger partial charge in [0.05, 0.1) is 0 Å². The number of benzene rings is 1. The normalized spacial score (nSPS) is 9.62. The lowest BCUT2D eigenvalue weighted by Gasteiger charge is -2.02. The highest BCUT2D eigenvalue weighted by molar-refractivity contribution is 5.95. The number of hydrogen-bond acceptors (Lipinski definition) is 3. The summed E-state index contributed by atoms with van der Waals surface area (Å²) >= 11 is 0. The zero-order chi connectivity index (χ0) is 12.0. The Morgan fingerprint density at radius 1 is 1.25 bits per heavy atom. The first-order chi connectivity index (χ1) is 7.67. The number of phenols is 1. The van der Waals surface area contributed by atoms with Crippen LogP contribution in [0.1, 0.15) is 37.0 Å². The molecule has 0 fully saturated rings. The van der Waals surface area contributed by atoms with Crippen LogP contribution in [0.5, 0.6) is 5.75 Å². The maximum atomic E-state index is 11.6. The second-order valence-electron chi connectivity index (χ2n) is 3.37. The molecule has 0 saturated carbocycles. The van der Waals surface area contributed by atoms with E-state index in [1.54, 1.807) is 12.1 Å². The van der Waals surface area contributed by atoms with Gasteiger partial charge < -0.3 is 5.11 Å². The van der Waals surface area contributed by atoms with E-state index in [1.165, 1.54) is 12.1 Å². The van der Waals surface area contributed by atoms with Crippen LogP contribution < -0.4 is 5.43 Å². The molecule has 2 N–H and O–H groups in total. The van der Waals surface area contributed by atoms with Gasteiger partial charge in [0.15, 0.2) is 0 Å². The van der Waals surface area contributed by atoms with Crippen molar-refractivity contribution in [1.82, 2.24) is 5.43 Å². The number of rotatable bonds is 4. The lowest BCUT2D eigenvalue weighted by atomic mass is 10.2. The van der Waals surface area contributed by atoms with Gasteiger partial charge >= 0.3 is 0 Å². The Morgan fingerprint density at radius 2 is 1.81 bits per heavy atom. The zero-order valence-electron chi connectivity index (χ0n) is 9.53. The Bertz CT molecular complexity index is 377.